The first-order chi connectivity index (χ1) is 12.8. The molecule has 27 heavy (non-hydrogen) atoms. The SMILES string of the molecule is Cc1cc(C)cc(N(CCC#N)C(=O)COC(=O)Cc2c(C)noc2C)c1. The quantitative estimate of drug-likeness (QED) is 0.696. The third-order valence-electron chi connectivity index (χ3n) is 4.13. The Kier molecular flexibility index (Phi) is 6.72. The molecule has 1 aromatic carbocycles. The van der Waals surface area contributed by atoms with Crippen molar-refractivity contribution < 1.29 is 18.8 Å². The summed E-state index contributed by atoms with van der Waals surface area (Å²) >= 11 is 0. The number of esters is 1. The molecule has 0 unspecified atom stereocenters. The number of hydrogen-bond acceptors (Lipinski definition) is 6. The van der Waals surface area contributed by atoms with Gasteiger partial charge in [0.25, 0.3) is 5.91 Å². The summed E-state index contributed by atoms with van der Waals surface area (Å²) < 4.78 is 10.2. The van der Waals surface area contributed by atoms with Gasteiger partial charge in [0.2, 0.25) is 0 Å². The van der Waals surface area contributed by atoms with Gasteiger partial charge in [-0.15, -0.1) is 0 Å². The first-order valence-electron chi connectivity index (χ1n) is 8.64. The molecule has 0 fully saturated rings. The second kappa shape index (κ2) is 8.99. The van der Waals surface area contributed by atoms with Gasteiger partial charge in [0.1, 0.15) is 5.76 Å². The zero-order valence-electron chi connectivity index (χ0n) is 16.0. The number of aromatic nitrogens is 1. The van der Waals surface area contributed by atoms with Crippen molar-refractivity contribution in [2.24, 2.45) is 0 Å². The van der Waals surface area contributed by atoms with Crippen molar-refractivity contribution in [3.63, 3.8) is 0 Å². The number of ether oxygens (including phenoxy) is 1. The number of nitriles is 1. The minimum atomic E-state index is -0.529. The van der Waals surface area contributed by atoms with Crippen LogP contribution in [0.25, 0.3) is 0 Å². The van der Waals surface area contributed by atoms with Gasteiger partial charge in [0, 0.05) is 17.8 Å². The fourth-order valence-corrected chi connectivity index (χ4v) is 2.84. The molecule has 0 aliphatic carbocycles. The summed E-state index contributed by atoms with van der Waals surface area (Å²) in [5.74, 6) is -0.345. The number of hydrogen-bond donors (Lipinski definition) is 0. The van der Waals surface area contributed by atoms with E-state index < -0.39 is 5.97 Å². The number of carbonyl (C=O) groups is 2. The number of amides is 1. The predicted molar refractivity (Wildman–Crippen MR) is 99.1 cm³/mol. The van der Waals surface area contributed by atoms with E-state index in [1.807, 2.05) is 38.1 Å². The van der Waals surface area contributed by atoms with Crippen molar-refractivity contribution in [3.8, 4) is 6.07 Å². The minimum absolute atomic E-state index is 0.00377. The van der Waals surface area contributed by atoms with Gasteiger partial charge in [0.15, 0.2) is 6.61 Å². The fourth-order valence-electron chi connectivity index (χ4n) is 2.84. The van der Waals surface area contributed by atoms with Gasteiger partial charge >= 0.3 is 5.97 Å². The first-order valence-corrected chi connectivity index (χ1v) is 8.64. The molecule has 0 spiro atoms. The van der Waals surface area contributed by atoms with Gasteiger partial charge in [0.05, 0.1) is 24.6 Å². The summed E-state index contributed by atoms with van der Waals surface area (Å²) in [6.45, 7) is 7.19. The van der Waals surface area contributed by atoms with E-state index in [0.717, 1.165) is 11.1 Å². The van der Waals surface area contributed by atoms with Crippen molar-refractivity contribution >= 4 is 17.6 Å². The van der Waals surface area contributed by atoms with Crippen molar-refractivity contribution in [2.75, 3.05) is 18.1 Å². The number of nitrogens with zero attached hydrogens (tertiary/aromatic N) is 3. The van der Waals surface area contributed by atoms with E-state index in [1.54, 1.807) is 13.8 Å². The highest BCUT2D eigenvalue weighted by Gasteiger charge is 2.20. The second-order valence-electron chi connectivity index (χ2n) is 6.44. The lowest BCUT2D eigenvalue weighted by molar-refractivity contribution is -0.147. The summed E-state index contributed by atoms with van der Waals surface area (Å²) in [6, 6.07) is 7.78. The normalized spacial score (nSPS) is 10.3. The van der Waals surface area contributed by atoms with E-state index in [0.29, 0.717) is 22.7 Å². The predicted octanol–water partition coefficient (Wildman–Crippen LogP) is 2.94. The van der Waals surface area contributed by atoms with E-state index in [9.17, 15) is 9.59 Å². The fraction of sp³-hybridized carbons (Fsp3) is 0.400. The molecule has 0 aliphatic rings. The lowest BCUT2D eigenvalue weighted by atomic mass is 10.1. The number of aryl methyl sites for hydroxylation is 4. The van der Waals surface area contributed by atoms with E-state index >= 15 is 0 Å². The molecule has 0 aliphatic heterocycles. The number of benzene rings is 1. The Morgan fingerprint density at radius 1 is 1.19 bits per heavy atom. The minimum Gasteiger partial charge on any atom is -0.455 e. The van der Waals surface area contributed by atoms with Crippen LogP contribution in [0.15, 0.2) is 22.7 Å². The van der Waals surface area contributed by atoms with Crippen LogP contribution in [0.2, 0.25) is 0 Å². The highest BCUT2D eigenvalue weighted by molar-refractivity contribution is 5.95. The molecule has 142 valence electrons. The molecular formula is C20H23N3O4. The molecule has 0 bridgehead atoms. The second-order valence-corrected chi connectivity index (χ2v) is 6.44. The molecule has 1 heterocycles. The molecule has 2 aromatic rings. The average Bonchev–Trinajstić information content (AvgIpc) is 2.91. The highest BCUT2D eigenvalue weighted by atomic mass is 16.5. The number of anilines is 1. The summed E-state index contributed by atoms with van der Waals surface area (Å²) in [5.41, 5.74) is 4.00. The molecule has 0 atom stereocenters. The molecule has 7 heteroatoms. The van der Waals surface area contributed by atoms with Crippen LogP contribution < -0.4 is 4.90 Å². The Balaban J connectivity index is 2.05. The molecule has 0 saturated carbocycles. The maximum absolute atomic E-state index is 12.6. The van der Waals surface area contributed by atoms with Gasteiger partial charge < -0.3 is 14.2 Å². The van der Waals surface area contributed by atoms with Crippen molar-refractivity contribution in [3.05, 3.63) is 46.3 Å². The van der Waals surface area contributed by atoms with Crippen LogP contribution in [0.5, 0.6) is 0 Å². The Hall–Kier alpha value is -3.14. The first kappa shape index (κ1) is 20.2. The van der Waals surface area contributed by atoms with Gasteiger partial charge in [-0.05, 0) is 51.0 Å². The Bertz CT molecular complexity index is 840. The maximum Gasteiger partial charge on any atom is 0.310 e. The maximum atomic E-state index is 12.6. The van der Waals surface area contributed by atoms with E-state index in [-0.39, 0.29) is 31.9 Å². The summed E-state index contributed by atoms with van der Waals surface area (Å²) in [6.07, 6.45) is 0.182. The van der Waals surface area contributed by atoms with Crippen molar-refractivity contribution in [2.45, 2.75) is 40.5 Å². The standard InChI is InChI=1S/C20H23N3O4/c1-13-8-14(2)10-17(9-13)23(7-5-6-21)19(24)12-26-20(25)11-18-15(3)22-27-16(18)4/h8-10H,5,7,11-12H2,1-4H3. The lowest BCUT2D eigenvalue weighted by Crippen LogP contribution is -2.35. The van der Waals surface area contributed by atoms with Crippen LogP contribution in [0, 0.1) is 39.0 Å². The van der Waals surface area contributed by atoms with Crippen molar-refractivity contribution in [1.29, 1.82) is 5.26 Å². The molecule has 0 saturated heterocycles. The average molecular weight is 369 g/mol. The zero-order valence-corrected chi connectivity index (χ0v) is 16.0. The molecular weight excluding hydrogens is 346 g/mol. The number of carbonyl (C=O) groups excluding carboxylic acids is 2. The van der Waals surface area contributed by atoms with Gasteiger partial charge in [-0.3, -0.25) is 9.59 Å². The van der Waals surface area contributed by atoms with E-state index in [2.05, 4.69) is 5.16 Å². The summed E-state index contributed by atoms with van der Waals surface area (Å²) in [4.78, 5) is 26.2. The van der Waals surface area contributed by atoms with Gasteiger partial charge in [-0.1, -0.05) is 11.2 Å². The van der Waals surface area contributed by atoms with Crippen LogP contribution >= 0.6 is 0 Å². The lowest BCUT2D eigenvalue weighted by Gasteiger charge is -2.22. The van der Waals surface area contributed by atoms with Crippen molar-refractivity contribution in [1.82, 2.24) is 5.16 Å². The Labute approximate surface area is 158 Å². The van der Waals surface area contributed by atoms with Gasteiger partial charge in [-0.25, -0.2) is 0 Å². The van der Waals surface area contributed by atoms with E-state index in [1.165, 1.54) is 4.90 Å². The Morgan fingerprint density at radius 3 is 2.41 bits per heavy atom. The van der Waals surface area contributed by atoms with Crippen LogP contribution in [-0.2, 0) is 20.7 Å². The zero-order chi connectivity index (χ0) is 20.0. The number of rotatable bonds is 7. The topological polar surface area (TPSA) is 96.4 Å². The third-order valence-corrected chi connectivity index (χ3v) is 4.13. The molecule has 2 rings (SSSR count). The van der Waals surface area contributed by atoms with Crippen LogP contribution in [0.1, 0.15) is 34.6 Å². The smallest absolute Gasteiger partial charge is 0.310 e. The summed E-state index contributed by atoms with van der Waals surface area (Å²) in [5, 5.41) is 12.7. The molecule has 0 radical (unpaired) electrons. The molecule has 0 N–H and O–H groups in total. The summed E-state index contributed by atoms with van der Waals surface area (Å²) in [7, 11) is 0. The van der Waals surface area contributed by atoms with Crippen LogP contribution in [0.3, 0.4) is 0 Å². The molecule has 1 amide bonds. The monoisotopic (exact) mass is 369 g/mol. The largest absolute Gasteiger partial charge is 0.455 e. The molecule has 1 aromatic heterocycles. The molecule has 7 nitrogen and oxygen atoms in total. The van der Waals surface area contributed by atoms with Crippen LogP contribution in [0.4, 0.5) is 5.69 Å². The van der Waals surface area contributed by atoms with Crippen LogP contribution in [-0.4, -0.2) is 30.2 Å². The Morgan fingerprint density at radius 2 is 1.85 bits per heavy atom. The highest BCUT2D eigenvalue weighted by Crippen LogP contribution is 2.20. The van der Waals surface area contributed by atoms with E-state index in [4.69, 9.17) is 14.5 Å². The third kappa shape index (κ3) is 5.42. The van der Waals surface area contributed by atoms with Gasteiger partial charge in [-0.2, -0.15) is 5.26 Å².